The fourth-order valence-corrected chi connectivity index (χ4v) is 6.42. The van der Waals surface area contributed by atoms with E-state index >= 15 is 0 Å². The van der Waals surface area contributed by atoms with Gasteiger partial charge < -0.3 is 0 Å². The predicted molar refractivity (Wildman–Crippen MR) is 132 cm³/mol. The highest BCUT2D eigenvalue weighted by atomic mass is 14.4. The Bertz CT molecular complexity index is 813. The van der Waals surface area contributed by atoms with Crippen molar-refractivity contribution in [3.8, 4) is 0 Å². The van der Waals surface area contributed by atoms with E-state index in [0.29, 0.717) is 0 Å². The van der Waals surface area contributed by atoms with Gasteiger partial charge in [-0.25, -0.2) is 0 Å². The van der Waals surface area contributed by atoms with Crippen LogP contribution in [-0.2, 0) is 6.42 Å². The topological polar surface area (TPSA) is 0 Å². The molecular weight excluding hydrogens is 360 g/mol. The highest BCUT2D eigenvalue weighted by Crippen LogP contribution is 2.44. The fraction of sp³-hybridized carbons (Fsp3) is 0.600. The van der Waals surface area contributed by atoms with E-state index in [0.717, 1.165) is 36.5 Å². The number of aryl methyl sites for hydroxylation is 1. The van der Waals surface area contributed by atoms with E-state index in [1.165, 1.54) is 80.5 Å². The smallest absolute Gasteiger partial charge is 0.0162 e. The van der Waals surface area contributed by atoms with Crippen molar-refractivity contribution >= 4 is 10.8 Å². The molecule has 0 unspecified atom stereocenters. The van der Waals surface area contributed by atoms with Crippen LogP contribution in [0.4, 0.5) is 0 Å². The molecule has 0 amide bonds. The van der Waals surface area contributed by atoms with E-state index in [2.05, 4.69) is 62.4 Å². The first-order chi connectivity index (χ1) is 14.8. The Balaban J connectivity index is 1.32. The van der Waals surface area contributed by atoms with Crippen LogP contribution < -0.4 is 0 Å². The quantitative estimate of drug-likeness (QED) is 0.405. The van der Waals surface area contributed by atoms with Crippen LogP contribution in [-0.4, -0.2) is 0 Å². The molecule has 0 aliphatic heterocycles. The van der Waals surface area contributed by atoms with E-state index in [-0.39, 0.29) is 0 Å². The van der Waals surface area contributed by atoms with Gasteiger partial charge in [0, 0.05) is 0 Å². The molecule has 2 aliphatic rings. The molecule has 2 aromatic carbocycles. The summed E-state index contributed by atoms with van der Waals surface area (Å²) in [5.41, 5.74) is 3.05. The van der Waals surface area contributed by atoms with Gasteiger partial charge in [0.15, 0.2) is 0 Å². The normalized spacial score (nSPS) is 27.7. The maximum absolute atomic E-state index is 2.49. The zero-order valence-electron chi connectivity index (χ0n) is 19.4. The molecule has 2 aromatic rings. The summed E-state index contributed by atoms with van der Waals surface area (Å²) in [5.74, 6) is 3.89. The third kappa shape index (κ3) is 5.37. The number of rotatable bonds is 7. The van der Waals surface area contributed by atoms with Crippen molar-refractivity contribution in [2.24, 2.45) is 17.8 Å². The largest absolute Gasteiger partial charge is 0.0917 e. The van der Waals surface area contributed by atoms with Crippen LogP contribution >= 0.6 is 0 Å². The lowest BCUT2D eigenvalue weighted by atomic mass is 9.68. The highest BCUT2D eigenvalue weighted by Gasteiger charge is 2.31. The molecule has 2 saturated carbocycles. The van der Waals surface area contributed by atoms with Crippen molar-refractivity contribution in [3.63, 3.8) is 0 Å². The molecule has 0 nitrogen and oxygen atoms in total. The van der Waals surface area contributed by atoms with Crippen molar-refractivity contribution < 1.29 is 0 Å². The Morgan fingerprint density at radius 2 is 1.47 bits per heavy atom. The monoisotopic (exact) mass is 402 g/mol. The van der Waals surface area contributed by atoms with Crippen molar-refractivity contribution in [2.45, 2.75) is 96.8 Å². The van der Waals surface area contributed by atoms with Crippen LogP contribution in [0, 0.1) is 17.8 Å². The Morgan fingerprint density at radius 3 is 2.17 bits per heavy atom. The molecular formula is C30H42. The molecule has 0 N–H and O–H groups in total. The molecule has 0 spiro atoms. The maximum Gasteiger partial charge on any atom is -0.0162 e. The molecule has 30 heavy (non-hydrogen) atoms. The van der Waals surface area contributed by atoms with Crippen LogP contribution in [0.3, 0.4) is 0 Å². The van der Waals surface area contributed by atoms with E-state index in [1.807, 2.05) is 0 Å². The molecule has 0 saturated heterocycles. The number of fused-ring (bicyclic) bond motifs is 1. The number of benzene rings is 2. The molecule has 0 aromatic heterocycles. The lowest BCUT2D eigenvalue weighted by molar-refractivity contribution is 0.156. The van der Waals surface area contributed by atoms with Gasteiger partial charge in [-0.3, -0.25) is 0 Å². The molecule has 2 fully saturated rings. The van der Waals surface area contributed by atoms with Gasteiger partial charge >= 0.3 is 0 Å². The summed E-state index contributed by atoms with van der Waals surface area (Å²) < 4.78 is 0. The van der Waals surface area contributed by atoms with E-state index in [1.54, 1.807) is 5.56 Å². The minimum Gasteiger partial charge on any atom is -0.0917 e. The number of allylic oxidation sites excluding steroid dienone is 2. The third-order valence-corrected chi connectivity index (χ3v) is 8.26. The standard InChI is InChI=1S/C30H42/c1-3-5-6-8-24-11-14-30-22-29(20-19-28(30)21-24)27-17-15-26(16-18-27)25-12-9-23(7-4-2)10-13-25/h3,5,11,14,19-23,25-27H,4,6-10,12-13,15-18H2,1-2H3/b5-3+. The molecule has 0 radical (unpaired) electrons. The Hall–Kier alpha value is -1.56. The van der Waals surface area contributed by atoms with Crippen LogP contribution in [0.2, 0.25) is 0 Å². The first-order valence-corrected chi connectivity index (χ1v) is 12.9. The summed E-state index contributed by atoms with van der Waals surface area (Å²) >= 11 is 0. The minimum atomic E-state index is 0.788. The van der Waals surface area contributed by atoms with Crippen LogP contribution in [0.1, 0.15) is 102 Å². The summed E-state index contributed by atoms with van der Waals surface area (Å²) in [4.78, 5) is 0. The van der Waals surface area contributed by atoms with Gasteiger partial charge in [0.1, 0.15) is 0 Å². The summed E-state index contributed by atoms with van der Waals surface area (Å²) in [5, 5.41) is 2.84. The van der Waals surface area contributed by atoms with E-state index in [4.69, 9.17) is 0 Å². The molecule has 0 heterocycles. The van der Waals surface area contributed by atoms with Gasteiger partial charge in [-0.05, 0) is 104 Å². The first kappa shape index (κ1) is 21.7. The molecule has 0 atom stereocenters. The van der Waals surface area contributed by atoms with Crippen molar-refractivity contribution in [2.75, 3.05) is 0 Å². The Labute approximate surface area is 185 Å². The van der Waals surface area contributed by atoms with Gasteiger partial charge in [-0.1, -0.05) is 81.2 Å². The van der Waals surface area contributed by atoms with Crippen LogP contribution in [0.25, 0.3) is 10.8 Å². The maximum atomic E-state index is 2.49. The fourth-order valence-electron chi connectivity index (χ4n) is 6.42. The van der Waals surface area contributed by atoms with Crippen LogP contribution in [0.15, 0.2) is 48.6 Å². The second-order valence-electron chi connectivity index (χ2n) is 10.2. The molecule has 4 rings (SSSR count). The zero-order valence-corrected chi connectivity index (χ0v) is 19.4. The Kier molecular flexibility index (Phi) is 7.69. The molecule has 162 valence electrons. The van der Waals surface area contributed by atoms with Crippen molar-refractivity contribution in [3.05, 3.63) is 59.7 Å². The van der Waals surface area contributed by atoms with E-state index < -0.39 is 0 Å². The van der Waals surface area contributed by atoms with E-state index in [9.17, 15) is 0 Å². The van der Waals surface area contributed by atoms with Gasteiger partial charge in [0.2, 0.25) is 0 Å². The van der Waals surface area contributed by atoms with Gasteiger partial charge in [-0.15, -0.1) is 0 Å². The minimum absolute atomic E-state index is 0.788. The summed E-state index contributed by atoms with van der Waals surface area (Å²) in [6.07, 6.45) is 21.4. The second kappa shape index (κ2) is 10.7. The molecule has 0 heteroatoms. The lowest BCUT2D eigenvalue weighted by Crippen LogP contribution is -2.25. The van der Waals surface area contributed by atoms with Gasteiger partial charge in [0.05, 0.1) is 0 Å². The van der Waals surface area contributed by atoms with Gasteiger partial charge in [0.25, 0.3) is 0 Å². The lowest BCUT2D eigenvalue weighted by Gasteiger charge is -2.38. The molecule has 0 bridgehead atoms. The summed E-state index contributed by atoms with van der Waals surface area (Å²) in [6.45, 7) is 4.46. The van der Waals surface area contributed by atoms with Gasteiger partial charge in [-0.2, -0.15) is 0 Å². The zero-order chi connectivity index (χ0) is 20.8. The summed E-state index contributed by atoms with van der Waals surface area (Å²) in [6, 6.07) is 14.4. The molecule has 2 aliphatic carbocycles. The highest BCUT2D eigenvalue weighted by molar-refractivity contribution is 5.84. The van der Waals surface area contributed by atoms with Crippen LogP contribution in [0.5, 0.6) is 0 Å². The first-order valence-electron chi connectivity index (χ1n) is 12.9. The average molecular weight is 403 g/mol. The Morgan fingerprint density at radius 1 is 0.800 bits per heavy atom. The number of hydrogen-bond acceptors (Lipinski definition) is 0. The summed E-state index contributed by atoms with van der Waals surface area (Å²) in [7, 11) is 0. The van der Waals surface area contributed by atoms with Crippen molar-refractivity contribution in [1.82, 2.24) is 0 Å². The predicted octanol–water partition coefficient (Wildman–Crippen LogP) is 9.23. The SMILES string of the molecule is C/C=C/CCc1ccc2cc(C3CCC(C4CCC(CCC)CC4)CC3)ccc2c1. The number of hydrogen-bond donors (Lipinski definition) is 0. The second-order valence-corrected chi connectivity index (χ2v) is 10.2. The third-order valence-electron chi connectivity index (χ3n) is 8.26. The van der Waals surface area contributed by atoms with Crippen molar-refractivity contribution in [1.29, 1.82) is 0 Å². The average Bonchev–Trinajstić information content (AvgIpc) is 2.80.